The molecule has 1 aliphatic rings. The van der Waals surface area contributed by atoms with Crippen molar-refractivity contribution in [3.05, 3.63) is 0 Å². The molecule has 0 spiro atoms. The van der Waals surface area contributed by atoms with Gasteiger partial charge >= 0.3 is 0 Å². The molecule has 4 nitrogen and oxygen atoms in total. The summed E-state index contributed by atoms with van der Waals surface area (Å²) in [5, 5.41) is 0. The summed E-state index contributed by atoms with van der Waals surface area (Å²) in [6, 6.07) is 0.991. The van der Waals surface area contributed by atoms with E-state index in [-0.39, 0.29) is 5.96 Å². The van der Waals surface area contributed by atoms with Crippen LogP contribution in [0.1, 0.15) is 25.7 Å². The van der Waals surface area contributed by atoms with Gasteiger partial charge < -0.3 is 11.5 Å². The molecule has 0 radical (unpaired) electrons. The van der Waals surface area contributed by atoms with Crippen LogP contribution in [0.2, 0.25) is 0 Å². The summed E-state index contributed by atoms with van der Waals surface area (Å²) in [6.45, 7) is 0. The molecule has 5 N–H and O–H groups in total. The highest BCUT2D eigenvalue weighted by Gasteiger charge is 2.19. The maximum Gasteiger partial charge on any atom is 0.186 e. The predicted octanol–water partition coefficient (Wildman–Crippen LogP) is 0.439. The van der Waals surface area contributed by atoms with Crippen LogP contribution in [0.5, 0.6) is 0 Å². The molecular weight excluding hydrogens is 184 g/mol. The molecule has 1 fully saturated rings. The van der Waals surface area contributed by atoms with E-state index in [9.17, 15) is 0 Å². The van der Waals surface area contributed by atoms with Gasteiger partial charge in [-0.2, -0.15) is 0 Å². The zero-order chi connectivity index (χ0) is 9.68. The Kier molecular flexibility index (Phi) is 4.38. The van der Waals surface area contributed by atoms with Crippen LogP contribution in [0, 0.1) is 0 Å². The van der Waals surface area contributed by atoms with Crippen molar-refractivity contribution in [1.29, 1.82) is 0 Å². The molecule has 1 rings (SSSR count). The number of aliphatic imine (C=N–C) groups is 1. The Morgan fingerprint density at radius 2 is 1.92 bits per heavy atom. The van der Waals surface area contributed by atoms with Crippen LogP contribution in [-0.2, 0) is 0 Å². The van der Waals surface area contributed by atoms with E-state index >= 15 is 0 Å². The molecule has 0 aromatic carbocycles. The Labute approximate surface area is 83.7 Å². The zero-order valence-electron chi connectivity index (χ0n) is 7.99. The fourth-order valence-corrected chi connectivity index (χ4v) is 2.27. The van der Waals surface area contributed by atoms with Crippen molar-refractivity contribution in [2.24, 2.45) is 16.5 Å². The first-order chi connectivity index (χ1) is 6.22. The number of hydrogen-bond acceptors (Lipinski definition) is 3. The van der Waals surface area contributed by atoms with E-state index in [1.54, 1.807) is 11.9 Å². The Morgan fingerprint density at radius 3 is 2.38 bits per heavy atom. The quantitative estimate of drug-likeness (QED) is 0.352. The summed E-state index contributed by atoms with van der Waals surface area (Å²) in [7, 11) is 0. The summed E-state index contributed by atoms with van der Waals surface area (Å²) < 4.78 is 3.36. The van der Waals surface area contributed by atoms with Gasteiger partial charge in [0.25, 0.3) is 0 Å². The van der Waals surface area contributed by atoms with Crippen LogP contribution in [-0.4, -0.2) is 24.3 Å². The minimum atomic E-state index is 0.223. The number of hydrogen-bond donors (Lipinski definition) is 3. The number of rotatable bonds is 3. The molecule has 0 unspecified atom stereocenters. The normalized spacial score (nSPS) is 28.4. The molecule has 13 heavy (non-hydrogen) atoms. The van der Waals surface area contributed by atoms with Gasteiger partial charge in [0, 0.05) is 6.04 Å². The molecule has 5 heteroatoms. The second-order valence-electron chi connectivity index (χ2n) is 3.38. The lowest BCUT2D eigenvalue weighted by atomic mass is 9.92. The van der Waals surface area contributed by atoms with Gasteiger partial charge in [0.2, 0.25) is 0 Å². The van der Waals surface area contributed by atoms with Crippen molar-refractivity contribution in [1.82, 2.24) is 4.72 Å². The van der Waals surface area contributed by atoms with Gasteiger partial charge in [-0.15, -0.1) is 0 Å². The van der Waals surface area contributed by atoms with Gasteiger partial charge in [0.1, 0.15) is 0 Å². The summed E-state index contributed by atoms with van der Waals surface area (Å²) in [4.78, 5) is 4.17. The van der Waals surface area contributed by atoms with E-state index in [2.05, 4.69) is 16.0 Å². The highest BCUT2D eigenvalue weighted by atomic mass is 32.2. The monoisotopic (exact) mass is 202 g/mol. The highest BCUT2D eigenvalue weighted by Crippen LogP contribution is 2.21. The second-order valence-corrected chi connectivity index (χ2v) is 4.03. The van der Waals surface area contributed by atoms with Gasteiger partial charge in [-0.05, 0) is 31.9 Å². The topological polar surface area (TPSA) is 76.4 Å². The van der Waals surface area contributed by atoms with E-state index in [0.29, 0.717) is 12.1 Å². The Balaban J connectivity index is 2.26. The molecule has 0 atom stereocenters. The fraction of sp³-hybridized carbons (Fsp3) is 0.875. The van der Waals surface area contributed by atoms with Gasteiger partial charge in [-0.1, -0.05) is 11.9 Å². The molecule has 0 aliphatic heterocycles. The minimum Gasteiger partial charge on any atom is -0.370 e. The molecule has 1 saturated carbocycles. The molecule has 0 bridgehead atoms. The van der Waals surface area contributed by atoms with Crippen LogP contribution in [0.4, 0.5) is 0 Å². The molecule has 0 aromatic heterocycles. The lowest BCUT2D eigenvalue weighted by molar-refractivity contribution is 0.382. The highest BCUT2D eigenvalue weighted by molar-refractivity contribution is 7.96. The summed E-state index contributed by atoms with van der Waals surface area (Å²) in [6.07, 6.45) is 6.58. The molecule has 0 saturated heterocycles. The fourth-order valence-electron chi connectivity index (χ4n) is 1.70. The van der Waals surface area contributed by atoms with Crippen molar-refractivity contribution in [3.63, 3.8) is 0 Å². The number of nitrogens with one attached hydrogen (secondary N) is 1. The first kappa shape index (κ1) is 10.7. The maximum atomic E-state index is 5.32. The van der Waals surface area contributed by atoms with E-state index < -0.39 is 0 Å². The lowest BCUT2D eigenvalue weighted by Gasteiger charge is -2.26. The largest absolute Gasteiger partial charge is 0.370 e. The predicted molar refractivity (Wildman–Crippen MR) is 58.5 cm³/mol. The van der Waals surface area contributed by atoms with Gasteiger partial charge in [0.05, 0.1) is 6.04 Å². The lowest BCUT2D eigenvalue weighted by Crippen LogP contribution is -2.32. The van der Waals surface area contributed by atoms with E-state index in [0.717, 1.165) is 12.8 Å². The summed E-state index contributed by atoms with van der Waals surface area (Å²) in [5.74, 6) is 0.223. The van der Waals surface area contributed by atoms with Crippen LogP contribution >= 0.6 is 11.9 Å². The summed E-state index contributed by atoms with van der Waals surface area (Å²) >= 11 is 1.69. The second kappa shape index (κ2) is 5.34. The number of guanidine groups is 1. The zero-order valence-corrected chi connectivity index (χ0v) is 8.81. The van der Waals surface area contributed by atoms with Crippen LogP contribution in [0.25, 0.3) is 0 Å². The Morgan fingerprint density at radius 1 is 1.31 bits per heavy atom. The first-order valence-electron chi connectivity index (χ1n) is 4.59. The minimum absolute atomic E-state index is 0.223. The molecule has 0 heterocycles. The Hall–Kier alpha value is -0.420. The van der Waals surface area contributed by atoms with Gasteiger partial charge in [-0.3, -0.25) is 9.71 Å². The van der Waals surface area contributed by atoms with Crippen molar-refractivity contribution in [2.75, 3.05) is 6.26 Å². The van der Waals surface area contributed by atoms with Crippen molar-refractivity contribution < 1.29 is 0 Å². The van der Waals surface area contributed by atoms with Crippen molar-refractivity contribution in [3.8, 4) is 0 Å². The third-order valence-corrected chi connectivity index (χ3v) is 2.88. The van der Waals surface area contributed by atoms with Crippen molar-refractivity contribution in [2.45, 2.75) is 37.8 Å². The molecular formula is C8H18N4S. The van der Waals surface area contributed by atoms with E-state index in [4.69, 9.17) is 11.5 Å². The SMILES string of the molecule is CSNC1CCC(N=C(N)N)CC1. The number of nitrogens with two attached hydrogens (primary N) is 2. The Bertz CT molecular complexity index is 171. The smallest absolute Gasteiger partial charge is 0.186 e. The van der Waals surface area contributed by atoms with E-state index in [1.807, 2.05) is 0 Å². The molecule has 0 amide bonds. The maximum absolute atomic E-state index is 5.32. The van der Waals surface area contributed by atoms with Gasteiger partial charge in [-0.25, -0.2) is 0 Å². The summed E-state index contributed by atoms with van der Waals surface area (Å²) in [5.41, 5.74) is 10.6. The first-order valence-corrected chi connectivity index (χ1v) is 5.82. The molecule has 76 valence electrons. The number of nitrogens with zero attached hydrogens (tertiary/aromatic N) is 1. The van der Waals surface area contributed by atoms with Crippen molar-refractivity contribution >= 4 is 17.9 Å². The molecule has 1 aliphatic carbocycles. The standard InChI is InChI=1S/C8H18N4S/c1-13-12-7-4-2-6(3-5-7)11-8(9)10/h6-7,12H,2-5H2,1H3,(H4,9,10,11). The average molecular weight is 202 g/mol. The van der Waals surface area contributed by atoms with Crippen LogP contribution in [0.15, 0.2) is 4.99 Å². The van der Waals surface area contributed by atoms with Crippen LogP contribution < -0.4 is 16.2 Å². The van der Waals surface area contributed by atoms with Gasteiger partial charge in [0.15, 0.2) is 5.96 Å². The van der Waals surface area contributed by atoms with Crippen LogP contribution in [0.3, 0.4) is 0 Å². The third-order valence-electron chi connectivity index (χ3n) is 2.31. The van der Waals surface area contributed by atoms with E-state index in [1.165, 1.54) is 12.8 Å². The average Bonchev–Trinajstić information content (AvgIpc) is 2.08. The molecule has 0 aromatic rings. The third kappa shape index (κ3) is 3.87.